The van der Waals surface area contributed by atoms with Gasteiger partial charge in [0.25, 0.3) is 0 Å². The zero-order valence-corrected chi connectivity index (χ0v) is 13.4. The molecule has 0 unspecified atom stereocenters. The number of urea groups is 1. The summed E-state index contributed by atoms with van der Waals surface area (Å²) in [5.41, 5.74) is 1.40. The predicted octanol–water partition coefficient (Wildman–Crippen LogP) is 0.585. The van der Waals surface area contributed by atoms with Crippen LogP contribution in [0.1, 0.15) is 6.92 Å². The van der Waals surface area contributed by atoms with E-state index in [0.717, 1.165) is 5.56 Å². The van der Waals surface area contributed by atoms with E-state index in [1.165, 1.54) is 9.70 Å². The van der Waals surface area contributed by atoms with Gasteiger partial charge in [-0.1, -0.05) is 12.1 Å². The van der Waals surface area contributed by atoms with E-state index in [2.05, 4.69) is 20.7 Å². The molecule has 2 heterocycles. The Hall–Kier alpha value is -2.52. The zero-order chi connectivity index (χ0) is 16.9. The first kappa shape index (κ1) is 16.3. The number of hydrogen-bond donors (Lipinski definition) is 2. The second kappa shape index (κ2) is 7.37. The number of nitrogens with one attached hydrogen (secondary N) is 1. The van der Waals surface area contributed by atoms with Crippen molar-refractivity contribution < 1.29 is 14.6 Å². The molecule has 1 fully saturated rings. The van der Waals surface area contributed by atoms with Crippen LogP contribution in [0.4, 0.5) is 10.5 Å². The van der Waals surface area contributed by atoms with Crippen molar-refractivity contribution in [2.45, 2.75) is 19.6 Å². The fraction of sp³-hybridized carbons (Fsp3) is 0.467. The molecule has 1 aromatic heterocycles. The van der Waals surface area contributed by atoms with Crippen LogP contribution in [0.5, 0.6) is 0 Å². The van der Waals surface area contributed by atoms with Crippen LogP contribution in [0.2, 0.25) is 0 Å². The Morgan fingerprint density at radius 3 is 3.17 bits per heavy atom. The van der Waals surface area contributed by atoms with Gasteiger partial charge in [0.05, 0.1) is 32.4 Å². The number of rotatable bonds is 3. The lowest BCUT2D eigenvalue weighted by atomic mass is 10.2. The molecule has 2 aromatic rings. The monoisotopic (exact) mass is 332 g/mol. The van der Waals surface area contributed by atoms with Gasteiger partial charge < -0.3 is 20.1 Å². The number of aliphatic hydroxyl groups is 1. The zero-order valence-electron chi connectivity index (χ0n) is 13.4. The molecule has 2 N–H and O–H groups in total. The summed E-state index contributed by atoms with van der Waals surface area (Å²) in [7, 11) is 0. The van der Waals surface area contributed by atoms with Gasteiger partial charge in [-0.3, -0.25) is 0 Å². The second-order valence-electron chi connectivity index (χ2n) is 5.49. The van der Waals surface area contributed by atoms with E-state index in [4.69, 9.17) is 4.74 Å². The summed E-state index contributed by atoms with van der Waals surface area (Å²) in [6, 6.07) is 6.98. The highest BCUT2D eigenvalue weighted by atomic mass is 16.5. The first-order valence-electron chi connectivity index (χ1n) is 7.85. The van der Waals surface area contributed by atoms with Gasteiger partial charge >= 0.3 is 6.03 Å². The number of aliphatic hydroxyl groups excluding tert-OH is 1. The third kappa shape index (κ3) is 3.87. The number of aromatic nitrogens is 4. The molecule has 1 aromatic carbocycles. The Kier molecular flexibility index (Phi) is 5.02. The third-order valence-electron chi connectivity index (χ3n) is 3.64. The molecule has 1 aliphatic heterocycles. The first-order chi connectivity index (χ1) is 11.7. The fourth-order valence-electron chi connectivity index (χ4n) is 2.41. The average Bonchev–Trinajstić information content (AvgIpc) is 2.96. The number of ether oxygens (including phenoxy) is 1. The van der Waals surface area contributed by atoms with Crippen LogP contribution in [-0.2, 0) is 11.3 Å². The SMILES string of the molecule is CCn1nnc(-c2cccc(NC(=O)N3CCOC[C@H](O)C3)c2)n1. The maximum atomic E-state index is 12.4. The molecule has 9 nitrogen and oxygen atoms in total. The Bertz CT molecular complexity index is 704. The molecule has 128 valence electrons. The van der Waals surface area contributed by atoms with Crippen molar-refractivity contribution in [2.24, 2.45) is 0 Å². The molecule has 1 saturated heterocycles. The van der Waals surface area contributed by atoms with Crippen LogP contribution in [-0.4, -0.2) is 68.7 Å². The molecule has 1 aliphatic rings. The summed E-state index contributed by atoms with van der Waals surface area (Å²) >= 11 is 0. The van der Waals surface area contributed by atoms with Gasteiger partial charge in [0.2, 0.25) is 5.82 Å². The Morgan fingerprint density at radius 1 is 1.50 bits per heavy atom. The lowest BCUT2D eigenvalue weighted by Crippen LogP contribution is -2.40. The quantitative estimate of drug-likeness (QED) is 0.852. The van der Waals surface area contributed by atoms with E-state index in [0.29, 0.717) is 31.2 Å². The highest BCUT2D eigenvalue weighted by Gasteiger charge is 2.21. The first-order valence-corrected chi connectivity index (χ1v) is 7.85. The number of benzene rings is 1. The molecule has 0 saturated carbocycles. The van der Waals surface area contributed by atoms with Crippen LogP contribution in [0.25, 0.3) is 11.4 Å². The number of nitrogens with zero attached hydrogens (tertiary/aromatic N) is 5. The number of aryl methyl sites for hydroxylation is 1. The smallest absolute Gasteiger partial charge is 0.322 e. The van der Waals surface area contributed by atoms with E-state index < -0.39 is 6.10 Å². The molecular formula is C15H20N6O3. The van der Waals surface area contributed by atoms with Crippen molar-refractivity contribution in [1.29, 1.82) is 0 Å². The van der Waals surface area contributed by atoms with Crippen molar-refractivity contribution in [3.63, 3.8) is 0 Å². The summed E-state index contributed by atoms with van der Waals surface area (Å²) in [5.74, 6) is 0.506. The molecular weight excluding hydrogens is 312 g/mol. The van der Waals surface area contributed by atoms with Crippen molar-refractivity contribution in [3.05, 3.63) is 24.3 Å². The highest BCUT2D eigenvalue weighted by molar-refractivity contribution is 5.90. The number of tetrazole rings is 1. The summed E-state index contributed by atoms with van der Waals surface area (Å²) in [6.07, 6.45) is -0.669. The van der Waals surface area contributed by atoms with Crippen LogP contribution in [0.15, 0.2) is 24.3 Å². The Morgan fingerprint density at radius 2 is 2.38 bits per heavy atom. The standard InChI is InChI=1S/C15H20N6O3/c1-2-21-18-14(17-19-21)11-4-3-5-12(8-11)16-15(23)20-6-7-24-10-13(22)9-20/h3-5,8,13,22H,2,6-7,9-10H2,1H3,(H,16,23)/t13-/m1/s1. The number of carbonyl (C=O) groups is 1. The number of hydrogen-bond acceptors (Lipinski definition) is 6. The minimum absolute atomic E-state index is 0.248. The fourth-order valence-corrected chi connectivity index (χ4v) is 2.41. The maximum Gasteiger partial charge on any atom is 0.322 e. The van der Waals surface area contributed by atoms with Crippen LogP contribution in [0.3, 0.4) is 0 Å². The van der Waals surface area contributed by atoms with Gasteiger partial charge in [-0.25, -0.2) is 4.79 Å². The molecule has 0 aliphatic carbocycles. The summed E-state index contributed by atoms with van der Waals surface area (Å²) in [6.45, 7) is 3.92. The Labute approximate surface area is 139 Å². The normalized spacial score (nSPS) is 18.2. The van der Waals surface area contributed by atoms with E-state index >= 15 is 0 Å². The lowest BCUT2D eigenvalue weighted by Gasteiger charge is -2.21. The Balaban J connectivity index is 1.70. The second-order valence-corrected chi connectivity index (χ2v) is 5.49. The van der Waals surface area contributed by atoms with Crippen molar-refractivity contribution >= 4 is 11.7 Å². The molecule has 0 spiro atoms. The van der Waals surface area contributed by atoms with Crippen molar-refractivity contribution in [1.82, 2.24) is 25.1 Å². The van der Waals surface area contributed by atoms with Crippen molar-refractivity contribution in [3.8, 4) is 11.4 Å². The molecule has 24 heavy (non-hydrogen) atoms. The van der Waals surface area contributed by atoms with Gasteiger partial charge in [0, 0.05) is 17.8 Å². The summed E-state index contributed by atoms with van der Waals surface area (Å²) in [5, 5.41) is 24.7. The van der Waals surface area contributed by atoms with Crippen LogP contribution >= 0.6 is 0 Å². The summed E-state index contributed by atoms with van der Waals surface area (Å²) < 4.78 is 5.23. The van der Waals surface area contributed by atoms with E-state index in [9.17, 15) is 9.90 Å². The minimum Gasteiger partial charge on any atom is -0.389 e. The van der Waals surface area contributed by atoms with E-state index in [-0.39, 0.29) is 19.2 Å². The molecule has 2 amide bonds. The largest absolute Gasteiger partial charge is 0.389 e. The average molecular weight is 332 g/mol. The van der Waals surface area contributed by atoms with E-state index in [1.54, 1.807) is 12.1 Å². The molecule has 3 rings (SSSR count). The predicted molar refractivity (Wildman–Crippen MR) is 86.3 cm³/mol. The van der Waals surface area contributed by atoms with Crippen LogP contribution in [0, 0.1) is 0 Å². The van der Waals surface area contributed by atoms with Gasteiger partial charge in [0.1, 0.15) is 0 Å². The number of amides is 2. The lowest BCUT2D eigenvalue weighted by molar-refractivity contribution is 0.0575. The van der Waals surface area contributed by atoms with Gasteiger partial charge in [0.15, 0.2) is 0 Å². The van der Waals surface area contributed by atoms with E-state index in [1.807, 2.05) is 19.1 Å². The molecule has 0 bridgehead atoms. The maximum absolute atomic E-state index is 12.4. The van der Waals surface area contributed by atoms with Crippen LogP contribution < -0.4 is 5.32 Å². The topological polar surface area (TPSA) is 105 Å². The number of β-amino-alcohol motifs (C(OH)–C–C–N with tert-alkyl or cyclic N) is 1. The number of carbonyl (C=O) groups excluding carboxylic acids is 1. The van der Waals surface area contributed by atoms with Gasteiger partial charge in [-0.2, -0.15) is 4.80 Å². The molecule has 1 atom stereocenters. The minimum atomic E-state index is -0.669. The number of anilines is 1. The third-order valence-corrected chi connectivity index (χ3v) is 3.64. The van der Waals surface area contributed by atoms with Gasteiger partial charge in [-0.05, 0) is 24.3 Å². The molecule has 9 heteroatoms. The van der Waals surface area contributed by atoms with Crippen molar-refractivity contribution in [2.75, 3.05) is 31.6 Å². The molecule has 0 radical (unpaired) electrons. The highest BCUT2D eigenvalue weighted by Crippen LogP contribution is 2.19. The summed E-state index contributed by atoms with van der Waals surface area (Å²) in [4.78, 5) is 15.4. The van der Waals surface area contributed by atoms with Gasteiger partial charge in [-0.15, -0.1) is 10.2 Å².